The van der Waals surface area contributed by atoms with Gasteiger partial charge in [0.1, 0.15) is 11.6 Å². The summed E-state index contributed by atoms with van der Waals surface area (Å²) in [7, 11) is 0. The van der Waals surface area contributed by atoms with Gasteiger partial charge in [0.05, 0.1) is 11.3 Å². The Morgan fingerprint density at radius 1 is 1.08 bits per heavy atom. The first-order valence-electron chi connectivity index (χ1n) is 7.60. The van der Waals surface area contributed by atoms with Gasteiger partial charge in [-0.05, 0) is 43.3 Å². The van der Waals surface area contributed by atoms with Crippen molar-refractivity contribution >= 4 is 17.4 Å². The van der Waals surface area contributed by atoms with E-state index in [4.69, 9.17) is 10.5 Å². The Kier molecular flexibility index (Phi) is 4.61. The van der Waals surface area contributed by atoms with E-state index in [9.17, 15) is 9.18 Å². The summed E-state index contributed by atoms with van der Waals surface area (Å²) in [4.78, 5) is 16.4. The monoisotopic (exact) mass is 337 g/mol. The lowest BCUT2D eigenvalue weighted by Gasteiger charge is -2.11. The van der Waals surface area contributed by atoms with Gasteiger partial charge in [-0.25, -0.2) is 9.37 Å². The van der Waals surface area contributed by atoms with Crippen LogP contribution in [0, 0.1) is 12.7 Å². The first-order valence-corrected chi connectivity index (χ1v) is 7.60. The van der Waals surface area contributed by atoms with Gasteiger partial charge in [-0.3, -0.25) is 4.79 Å². The number of nitrogens with two attached hydrogens (primary N) is 1. The van der Waals surface area contributed by atoms with Crippen LogP contribution >= 0.6 is 0 Å². The summed E-state index contributed by atoms with van der Waals surface area (Å²) in [6, 6.07) is 16.6. The number of anilines is 2. The molecule has 126 valence electrons. The molecule has 6 heteroatoms. The van der Waals surface area contributed by atoms with E-state index in [2.05, 4.69) is 10.3 Å². The quantitative estimate of drug-likeness (QED) is 0.749. The Labute approximate surface area is 144 Å². The standard InChI is InChI=1S/C19H16FN3O2/c1-12-10-11-14(18(21)22-12)19(24)23-15-8-5-9-16(17(15)20)25-13-6-3-2-4-7-13/h2-11H,1H3,(H2,21,22)(H,23,24). The highest BCUT2D eigenvalue weighted by atomic mass is 19.1. The van der Waals surface area contributed by atoms with Crippen molar-refractivity contribution in [2.45, 2.75) is 6.92 Å². The summed E-state index contributed by atoms with van der Waals surface area (Å²) in [6.07, 6.45) is 0. The van der Waals surface area contributed by atoms with Crippen LogP contribution in [0.4, 0.5) is 15.9 Å². The van der Waals surface area contributed by atoms with Crippen LogP contribution in [0.2, 0.25) is 0 Å². The number of ether oxygens (including phenoxy) is 1. The van der Waals surface area contributed by atoms with Crippen LogP contribution in [0.15, 0.2) is 60.7 Å². The normalized spacial score (nSPS) is 10.3. The average Bonchev–Trinajstić information content (AvgIpc) is 2.59. The predicted molar refractivity (Wildman–Crippen MR) is 94.3 cm³/mol. The second-order valence-electron chi connectivity index (χ2n) is 5.37. The largest absolute Gasteiger partial charge is 0.454 e. The van der Waals surface area contributed by atoms with Crippen LogP contribution in [0.25, 0.3) is 0 Å². The Bertz CT molecular complexity index is 914. The van der Waals surface area contributed by atoms with E-state index < -0.39 is 11.7 Å². The molecule has 0 unspecified atom stereocenters. The molecule has 3 rings (SSSR count). The molecule has 0 fully saturated rings. The van der Waals surface area contributed by atoms with Gasteiger partial charge >= 0.3 is 0 Å². The summed E-state index contributed by atoms with van der Waals surface area (Å²) in [5.41, 5.74) is 6.63. The summed E-state index contributed by atoms with van der Waals surface area (Å²) < 4.78 is 20.1. The molecule has 3 aromatic rings. The lowest BCUT2D eigenvalue weighted by atomic mass is 10.2. The minimum absolute atomic E-state index is 0.00148. The second-order valence-corrected chi connectivity index (χ2v) is 5.37. The zero-order chi connectivity index (χ0) is 17.8. The molecule has 1 heterocycles. The van der Waals surface area contributed by atoms with Crippen molar-refractivity contribution in [1.82, 2.24) is 4.98 Å². The topological polar surface area (TPSA) is 77.2 Å². The highest BCUT2D eigenvalue weighted by Gasteiger charge is 2.16. The zero-order valence-electron chi connectivity index (χ0n) is 13.5. The van der Waals surface area contributed by atoms with Crippen LogP contribution in [0.3, 0.4) is 0 Å². The van der Waals surface area contributed by atoms with Crippen LogP contribution < -0.4 is 15.8 Å². The van der Waals surface area contributed by atoms with Gasteiger partial charge in [-0.2, -0.15) is 0 Å². The fourth-order valence-electron chi connectivity index (χ4n) is 2.26. The van der Waals surface area contributed by atoms with E-state index in [0.717, 1.165) is 0 Å². The molecular formula is C19H16FN3O2. The van der Waals surface area contributed by atoms with Gasteiger partial charge < -0.3 is 15.8 Å². The van der Waals surface area contributed by atoms with Crippen molar-refractivity contribution < 1.29 is 13.9 Å². The number of hydrogen-bond acceptors (Lipinski definition) is 4. The minimum Gasteiger partial charge on any atom is -0.454 e. The maximum atomic E-state index is 14.6. The molecule has 0 aliphatic heterocycles. The number of nitrogens with one attached hydrogen (secondary N) is 1. The molecule has 1 amide bonds. The SMILES string of the molecule is Cc1ccc(C(=O)Nc2cccc(Oc3ccccc3)c2F)c(N)n1. The molecule has 0 radical (unpaired) electrons. The summed E-state index contributed by atoms with van der Waals surface area (Å²) in [5.74, 6) is -0.607. The third kappa shape index (κ3) is 3.74. The van der Waals surface area contributed by atoms with E-state index in [1.165, 1.54) is 12.1 Å². The Morgan fingerprint density at radius 3 is 2.56 bits per heavy atom. The predicted octanol–water partition coefficient (Wildman–Crippen LogP) is 4.16. The highest BCUT2D eigenvalue weighted by molar-refractivity contribution is 6.07. The fraction of sp³-hybridized carbons (Fsp3) is 0.0526. The van der Waals surface area contributed by atoms with E-state index in [-0.39, 0.29) is 22.8 Å². The lowest BCUT2D eigenvalue weighted by Crippen LogP contribution is -2.16. The van der Waals surface area contributed by atoms with E-state index in [1.54, 1.807) is 49.4 Å². The number of nitrogens with zero attached hydrogens (tertiary/aromatic N) is 1. The summed E-state index contributed by atoms with van der Waals surface area (Å²) in [5, 5.41) is 2.50. The third-order valence-electron chi connectivity index (χ3n) is 3.49. The number of carbonyl (C=O) groups excluding carboxylic acids is 1. The van der Waals surface area contributed by atoms with Crippen LogP contribution in [0.1, 0.15) is 16.1 Å². The summed E-state index contributed by atoms with van der Waals surface area (Å²) >= 11 is 0. The van der Waals surface area contributed by atoms with Gasteiger partial charge in [0, 0.05) is 5.69 Å². The van der Waals surface area contributed by atoms with Crippen LogP contribution in [0.5, 0.6) is 11.5 Å². The smallest absolute Gasteiger partial charge is 0.259 e. The Hall–Kier alpha value is -3.41. The van der Waals surface area contributed by atoms with Gasteiger partial charge in [-0.1, -0.05) is 24.3 Å². The molecular weight excluding hydrogens is 321 g/mol. The molecule has 3 N–H and O–H groups in total. The number of pyridine rings is 1. The molecule has 0 aliphatic rings. The molecule has 0 saturated heterocycles. The van der Waals surface area contributed by atoms with Crippen molar-refractivity contribution in [1.29, 1.82) is 0 Å². The highest BCUT2D eigenvalue weighted by Crippen LogP contribution is 2.29. The Morgan fingerprint density at radius 2 is 1.84 bits per heavy atom. The van der Waals surface area contributed by atoms with Crippen molar-refractivity contribution in [3.05, 3.63) is 77.7 Å². The number of benzene rings is 2. The maximum Gasteiger partial charge on any atom is 0.259 e. The number of carbonyl (C=O) groups is 1. The fourth-order valence-corrected chi connectivity index (χ4v) is 2.26. The van der Waals surface area contributed by atoms with Crippen molar-refractivity contribution in [2.24, 2.45) is 0 Å². The molecule has 2 aromatic carbocycles. The van der Waals surface area contributed by atoms with Gasteiger partial charge in [-0.15, -0.1) is 0 Å². The second kappa shape index (κ2) is 7.00. The van der Waals surface area contributed by atoms with E-state index in [0.29, 0.717) is 11.4 Å². The number of aryl methyl sites for hydroxylation is 1. The molecule has 0 atom stereocenters. The van der Waals surface area contributed by atoms with Crippen molar-refractivity contribution in [3.63, 3.8) is 0 Å². The third-order valence-corrected chi connectivity index (χ3v) is 3.49. The first-order chi connectivity index (χ1) is 12.0. The average molecular weight is 337 g/mol. The number of rotatable bonds is 4. The number of amides is 1. The maximum absolute atomic E-state index is 14.6. The first kappa shape index (κ1) is 16.4. The molecule has 5 nitrogen and oxygen atoms in total. The lowest BCUT2D eigenvalue weighted by molar-refractivity contribution is 0.102. The van der Waals surface area contributed by atoms with Gasteiger partial charge in [0.15, 0.2) is 11.6 Å². The Balaban J connectivity index is 1.83. The molecule has 0 saturated carbocycles. The summed E-state index contributed by atoms with van der Waals surface area (Å²) in [6.45, 7) is 1.77. The van der Waals surface area contributed by atoms with Crippen molar-refractivity contribution in [3.8, 4) is 11.5 Å². The number of para-hydroxylation sites is 1. The van der Waals surface area contributed by atoms with E-state index in [1.807, 2.05) is 6.07 Å². The van der Waals surface area contributed by atoms with E-state index >= 15 is 0 Å². The minimum atomic E-state index is -0.668. The molecule has 0 spiro atoms. The number of aromatic nitrogens is 1. The molecule has 0 aliphatic carbocycles. The molecule has 1 aromatic heterocycles. The number of hydrogen-bond donors (Lipinski definition) is 2. The molecule has 25 heavy (non-hydrogen) atoms. The van der Waals surface area contributed by atoms with Crippen molar-refractivity contribution in [2.75, 3.05) is 11.1 Å². The number of nitrogen functional groups attached to an aromatic ring is 1. The molecule has 0 bridgehead atoms. The van der Waals surface area contributed by atoms with Crippen LogP contribution in [-0.2, 0) is 0 Å². The van der Waals surface area contributed by atoms with Crippen LogP contribution in [-0.4, -0.2) is 10.9 Å². The van der Waals surface area contributed by atoms with Gasteiger partial charge in [0.25, 0.3) is 5.91 Å². The number of halogens is 1. The zero-order valence-corrected chi connectivity index (χ0v) is 13.5. The van der Waals surface area contributed by atoms with Gasteiger partial charge in [0.2, 0.25) is 0 Å².